The summed E-state index contributed by atoms with van der Waals surface area (Å²) in [5, 5.41) is 15.4. The minimum atomic E-state index is -0.165. The summed E-state index contributed by atoms with van der Waals surface area (Å²) in [6.45, 7) is 13.8. The van der Waals surface area contributed by atoms with E-state index in [9.17, 15) is 4.79 Å². The van der Waals surface area contributed by atoms with Crippen LogP contribution in [0.2, 0.25) is 0 Å². The Bertz CT molecular complexity index is 1360. The van der Waals surface area contributed by atoms with Crippen LogP contribution in [0.25, 0.3) is 5.57 Å². The van der Waals surface area contributed by atoms with Crippen molar-refractivity contribution in [2.24, 2.45) is 4.99 Å². The zero-order valence-electron chi connectivity index (χ0n) is 23.4. The monoisotopic (exact) mass is 513 g/mol. The van der Waals surface area contributed by atoms with Crippen molar-refractivity contribution in [2.75, 3.05) is 5.32 Å². The molecule has 0 aliphatic carbocycles. The number of allylic oxidation sites excluding steroid dienone is 2. The van der Waals surface area contributed by atoms with Gasteiger partial charge >= 0.3 is 0 Å². The molecule has 1 aromatic carbocycles. The first kappa shape index (κ1) is 27.1. The number of carbonyl (C=O) groups is 1. The Morgan fingerprint density at radius 1 is 1.21 bits per heavy atom. The Labute approximate surface area is 225 Å². The summed E-state index contributed by atoms with van der Waals surface area (Å²) in [7, 11) is 0. The van der Waals surface area contributed by atoms with Gasteiger partial charge in [-0.3, -0.25) is 14.2 Å². The van der Waals surface area contributed by atoms with Gasteiger partial charge in [-0.25, -0.2) is 4.99 Å². The third-order valence-corrected chi connectivity index (χ3v) is 6.60. The second kappa shape index (κ2) is 11.6. The van der Waals surface area contributed by atoms with Crippen molar-refractivity contribution in [2.45, 2.75) is 79.4 Å². The third kappa shape index (κ3) is 6.68. The van der Waals surface area contributed by atoms with E-state index >= 15 is 0 Å². The van der Waals surface area contributed by atoms with E-state index < -0.39 is 0 Å². The third-order valence-electron chi connectivity index (χ3n) is 6.60. The molecule has 2 aromatic heterocycles. The average molecular weight is 514 g/mol. The van der Waals surface area contributed by atoms with Gasteiger partial charge in [0, 0.05) is 37.2 Å². The van der Waals surface area contributed by atoms with Crippen LogP contribution in [-0.2, 0) is 25.0 Å². The number of nitrogens with zero attached hydrogens (tertiary/aromatic N) is 5. The van der Waals surface area contributed by atoms with E-state index in [1.165, 1.54) is 5.69 Å². The van der Waals surface area contributed by atoms with Crippen LogP contribution < -0.4 is 10.6 Å². The summed E-state index contributed by atoms with van der Waals surface area (Å²) in [4.78, 5) is 17.3. The molecule has 200 valence electrons. The molecule has 3 aromatic rings. The molecule has 3 heterocycles. The van der Waals surface area contributed by atoms with Crippen LogP contribution in [0.1, 0.15) is 80.2 Å². The lowest BCUT2D eigenvalue weighted by Gasteiger charge is -2.18. The van der Waals surface area contributed by atoms with Gasteiger partial charge in [0.1, 0.15) is 5.84 Å². The molecule has 1 aliphatic heterocycles. The van der Waals surface area contributed by atoms with Gasteiger partial charge in [-0.2, -0.15) is 10.2 Å². The maximum Gasteiger partial charge on any atom is 0.254 e. The zero-order valence-corrected chi connectivity index (χ0v) is 23.4. The Hall–Kier alpha value is -3.94. The van der Waals surface area contributed by atoms with Gasteiger partial charge in [-0.15, -0.1) is 0 Å². The van der Waals surface area contributed by atoms with Crippen molar-refractivity contribution >= 4 is 23.1 Å². The number of benzene rings is 1. The first-order chi connectivity index (χ1) is 18.1. The topological polar surface area (TPSA) is 89.1 Å². The zero-order chi connectivity index (χ0) is 27.3. The number of amidine groups is 1. The fourth-order valence-corrected chi connectivity index (χ4v) is 4.31. The van der Waals surface area contributed by atoms with Crippen molar-refractivity contribution in [1.29, 1.82) is 0 Å². The van der Waals surface area contributed by atoms with Crippen LogP contribution in [0.4, 0.5) is 5.82 Å². The smallest absolute Gasteiger partial charge is 0.254 e. The molecule has 8 nitrogen and oxygen atoms in total. The molecule has 0 saturated heterocycles. The van der Waals surface area contributed by atoms with Crippen LogP contribution >= 0.6 is 0 Å². The molecule has 0 saturated carbocycles. The lowest BCUT2D eigenvalue weighted by Crippen LogP contribution is -2.24. The van der Waals surface area contributed by atoms with E-state index in [-0.39, 0.29) is 11.4 Å². The number of anilines is 1. The van der Waals surface area contributed by atoms with Gasteiger partial charge in [0.15, 0.2) is 5.82 Å². The van der Waals surface area contributed by atoms with Crippen LogP contribution in [0.3, 0.4) is 0 Å². The van der Waals surface area contributed by atoms with Crippen molar-refractivity contribution in [3.8, 4) is 0 Å². The number of rotatable bonds is 8. The van der Waals surface area contributed by atoms with Crippen molar-refractivity contribution in [3.63, 3.8) is 0 Å². The van der Waals surface area contributed by atoms with Crippen molar-refractivity contribution < 1.29 is 4.79 Å². The largest absolute Gasteiger partial charge is 0.348 e. The van der Waals surface area contributed by atoms with Gasteiger partial charge in [0.2, 0.25) is 0 Å². The van der Waals surface area contributed by atoms with Gasteiger partial charge < -0.3 is 10.6 Å². The predicted octanol–water partition coefficient (Wildman–Crippen LogP) is 5.86. The normalized spacial score (nSPS) is 14.3. The molecular formula is C30H39N7O. The van der Waals surface area contributed by atoms with Gasteiger partial charge in [0.05, 0.1) is 17.3 Å². The van der Waals surface area contributed by atoms with E-state index in [2.05, 4.69) is 96.3 Å². The molecule has 0 atom stereocenters. The molecule has 0 fully saturated rings. The molecule has 4 rings (SSSR count). The fraction of sp³-hybridized carbons (Fsp3) is 0.400. The summed E-state index contributed by atoms with van der Waals surface area (Å²) in [5.41, 5.74) is 6.03. The summed E-state index contributed by atoms with van der Waals surface area (Å²) < 4.78 is 3.87. The average Bonchev–Trinajstić information content (AvgIpc) is 3.60. The number of hydrogen-bond donors (Lipinski definition) is 2. The second-order valence-electron chi connectivity index (χ2n) is 10.8. The number of carbonyl (C=O) groups excluding carboxylic acids is 1. The minimum Gasteiger partial charge on any atom is -0.348 e. The molecule has 8 heteroatoms. The number of aromatic nitrogens is 4. The Kier molecular flexibility index (Phi) is 8.29. The maximum atomic E-state index is 12.7. The number of aliphatic imine (C=N–C) groups is 1. The fourth-order valence-electron chi connectivity index (χ4n) is 4.31. The Morgan fingerprint density at radius 3 is 2.71 bits per heavy atom. The molecule has 0 radical (unpaired) electrons. The number of nitrogens with one attached hydrogen (secondary N) is 2. The highest BCUT2D eigenvalue weighted by atomic mass is 16.1. The van der Waals surface area contributed by atoms with Crippen LogP contribution in [-0.4, -0.2) is 31.3 Å². The molecule has 0 unspecified atom stereocenters. The summed E-state index contributed by atoms with van der Waals surface area (Å²) in [6.07, 6.45) is 12.5. The molecule has 2 N–H and O–H groups in total. The van der Waals surface area contributed by atoms with Crippen molar-refractivity contribution in [1.82, 2.24) is 24.9 Å². The molecule has 1 amide bonds. The molecule has 38 heavy (non-hydrogen) atoms. The lowest BCUT2D eigenvalue weighted by molar-refractivity contribution is 0.0950. The second-order valence-corrected chi connectivity index (χ2v) is 10.8. The van der Waals surface area contributed by atoms with Crippen molar-refractivity contribution in [3.05, 3.63) is 83.0 Å². The van der Waals surface area contributed by atoms with Gasteiger partial charge in [-0.05, 0) is 82.2 Å². The highest BCUT2D eigenvalue weighted by Gasteiger charge is 2.17. The predicted molar refractivity (Wildman–Crippen MR) is 154 cm³/mol. The molecule has 0 spiro atoms. The number of amides is 1. The lowest BCUT2D eigenvalue weighted by atomic mass is 10.00. The Morgan fingerprint density at radius 2 is 2.03 bits per heavy atom. The van der Waals surface area contributed by atoms with E-state index in [4.69, 9.17) is 0 Å². The number of aryl methyl sites for hydroxylation is 3. The Balaban J connectivity index is 1.45. The maximum absolute atomic E-state index is 12.7. The summed E-state index contributed by atoms with van der Waals surface area (Å²) in [6, 6.07) is 8.41. The first-order valence-electron chi connectivity index (χ1n) is 13.3. The highest BCUT2D eigenvalue weighted by molar-refractivity contribution is 6.07. The van der Waals surface area contributed by atoms with E-state index in [1.54, 1.807) is 17.1 Å². The van der Waals surface area contributed by atoms with Gasteiger partial charge in [-0.1, -0.05) is 31.2 Å². The minimum absolute atomic E-state index is 0.127. The van der Waals surface area contributed by atoms with Gasteiger partial charge in [0.25, 0.3) is 5.91 Å². The summed E-state index contributed by atoms with van der Waals surface area (Å²) >= 11 is 0. The van der Waals surface area contributed by atoms with E-state index in [0.29, 0.717) is 12.1 Å². The molecule has 0 bridgehead atoms. The number of hydrogen-bond acceptors (Lipinski definition) is 4. The summed E-state index contributed by atoms with van der Waals surface area (Å²) in [5.74, 6) is 1.44. The van der Waals surface area contributed by atoms with E-state index in [0.717, 1.165) is 59.7 Å². The van der Waals surface area contributed by atoms with Crippen LogP contribution in [0.5, 0.6) is 0 Å². The van der Waals surface area contributed by atoms with Crippen LogP contribution in [0, 0.1) is 6.92 Å². The first-order valence-corrected chi connectivity index (χ1v) is 13.3. The standard InChI is InChI=1S/C30H39N7O/c1-7-8-13-31-27(34-28-17-26-10-9-14-36(26)35-28)16-22(3)23-11-12-24(21(2)15-23)18-32-29(38)25-19-33-37(20-25)30(4,5)6/h8,11-13,15-17,19-20H,7,9-10,14,18H2,1-6H3,(H,32,38)(H,31,34,35)/b13-8+,22-16+. The quantitative estimate of drug-likeness (QED) is 0.292. The molecule has 1 aliphatic rings. The van der Waals surface area contributed by atoms with Crippen LogP contribution in [0.15, 0.2) is 60.0 Å². The highest BCUT2D eigenvalue weighted by Crippen LogP contribution is 2.21. The van der Waals surface area contributed by atoms with E-state index in [1.807, 2.05) is 18.4 Å². The molecular weight excluding hydrogens is 474 g/mol. The SMILES string of the molecule is CC/C=C/N=C(/C=C(\C)c1ccc(CNC(=O)c2cnn(C(C)(C)C)c2)c(C)c1)Nc1cc2n(n1)CCC2. The number of fused-ring (bicyclic) bond motifs is 1.